The van der Waals surface area contributed by atoms with Gasteiger partial charge in [-0.3, -0.25) is 0 Å². The topological polar surface area (TPSA) is 24.5 Å². The van der Waals surface area contributed by atoms with Gasteiger partial charge in [-0.2, -0.15) is 0 Å². The third-order valence-electron chi connectivity index (χ3n) is 5.81. The fraction of sp³-hybridized carbons (Fsp3) is 1.00. The minimum absolute atomic E-state index is 0.284. The van der Waals surface area contributed by atoms with Crippen LogP contribution in [0.15, 0.2) is 0 Å². The summed E-state index contributed by atoms with van der Waals surface area (Å²) in [4.78, 5) is 2.62. The number of hydrogen-bond donors (Lipinski definition) is 1. The number of hydrogen-bond acceptors (Lipinski definition) is 3. The van der Waals surface area contributed by atoms with E-state index in [-0.39, 0.29) is 5.41 Å². The average Bonchev–Trinajstić information content (AvgIpc) is 2.44. The number of nitrogens with zero attached hydrogens (tertiary/aromatic N) is 1. The molecule has 2 rings (SSSR count). The minimum Gasteiger partial charge on any atom is -0.381 e. The molecule has 0 aromatic carbocycles. The fourth-order valence-electron chi connectivity index (χ4n) is 4.01. The lowest BCUT2D eigenvalue weighted by atomic mass is 9.64. The van der Waals surface area contributed by atoms with Crippen LogP contribution < -0.4 is 5.32 Å². The molecule has 1 saturated heterocycles. The summed E-state index contributed by atoms with van der Waals surface area (Å²) in [6, 6.07) is 1.26. The van der Waals surface area contributed by atoms with Gasteiger partial charge < -0.3 is 15.0 Å². The lowest BCUT2D eigenvalue weighted by Crippen LogP contribution is -2.63. The minimum atomic E-state index is 0.284. The summed E-state index contributed by atoms with van der Waals surface area (Å²) in [6.45, 7) is 13.2. The molecule has 0 radical (unpaired) electrons. The molecular weight excluding hydrogens is 248 g/mol. The summed E-state index contributed by atoms with van der Waals surface area (Å²) < 4.78 is 5.55. The van der Waals surface area contributed by atoms with Crippen LogP contribution in [0.4, 0.5) is 0 Å². The molecule has 2 fully saturated rings. The van der Waals surface area contributed by atoms with E-state index >= 15 is 0 Å². The lowest BCUT2D eigenvalue weighted by molar-refractivity contribution is -0.102. The Morgan fingerprint density at radius 1 is 1.30 bits per heavy atom. The maximum Gasteiger partial charge on any atom is 0.0652 e. The van der Waals surface area contributed by atoms with Gasteiger partial charge in [0.1, 0.15) is 0 Å². The van der Waals surface area contributed by atoms with Crippen molar-refractivity contribution in [2.45, 2.75) is 71.6 Å². The van der Waals surface area contributed by atoms with Gasteiger partial charge in [0, 0.05) is 24.6 Å². The van der Waals surface area contributed by atoms with Gasteiger partial charge in [-0.25, -0.2) is 0 Å². The molecule has 3 heteroatoms. The summed E-state index contributed by atoms with van der Waals surface area (Å²) in [5.74, 6) is 0.848. The molecule has 0 aromatic rings. The highest BCUT2D eigenvalue weighted by Gasteiger charge is 2.49. The Bertz CT molecular complexity index is 297. The molecule has 0 aromatic heterocycles. The van der Waals surface area contributed by atoms with Gasteiger partial charge in [-0.15, -0.1) is 0 Å². The van der Waals surface area contributed by atoms with Crippen LogP contribution in [0.5, 0.6) is 0 Å². The molecule has 1 aliphatic heterocycles. The third kappa shape index (κ3) is 3.37. The van der Waals surface area contributed by atoms with Gasteiger partial charge in [0.25, 0.3) is 0 Å². The van der Waals surface area contributed by atoms with Gasteiger partial charge in [0.15, 0.2) is 0 Å². The molecule has 2 aliphatic rings. The average molecular weight is 282 g/mol. The van der Waals surface area contributed by atoms with Crippen molar-refractivity contribution in [1.29, 1.82) is 0 Å². The van der Waals surface area contributed by atoms with Crippen molar-refractivity contribution in [3.05, 3.63) is 0 Å². The van der Waals surface area contributed by atoms with Gasteiger partial charge in [0.05, 0.1) is 6.10 Å². The molecule has 3 atom stereocenters. The third-order valence-corrected chi connectivity index (χ3v) is 5.81. The van der Waals surface area contributed by atoms with Crippen LogP contribution in [-0.2, 0) is 4.74 Å². The quantitative estimate of drug-likeness (QED) is 0.811. The van der Waals surface area contributed by atoms with E-state index in [4.69, 9.17) is 4.74 Å². The molecule has 1 N–H and O–H groups in total. The second kappa shape index (κ2) is 6.76. The SMILES string of the molecule is CCCN1CCC(C(C)NC2CC(OC)C2(C)C)CC1. The molecule has 1 heterocycles. The first-order valence-corrected chi connectivity index (χ1v) is 8.50. The number of methoxy groups -OCH3 is 1. The van der Waals surface area contributed by atoms with Gasteiger partial charge in [-0.1, -0.05) is 20.8 Å². The van der Waals surface area contributed by atoms with Crippen LogP contribution in [0.1, 0.15) is 53.4 Å². The molecule has 1 aliphatic carbocycles. The maximum absolute atomic E-state index is 5.55. The molecule has 0 amide bonds. The molecule has 118 valence electrons. The largest absolute Gasteiger partial charge is 0.381 e. The fourth-order valence-corrected chi connectivity index (χ4v) is 4.01. The van der Waals surface area contributed by atoms with Crippen LogP contribution in [0.2, 0.25) is 0 Å². The van der Waals surface area contributed by atoms with Crippen molar-refractivity contribution >= 4 is 0 Å². The summed E-state index contributed by atoms with van der Waals surface area (Å²) in [6.07, 6.45) is 5.60. The first-order valence-electron chi connectivity index (χ1n) is 8.50. The van der Waals surface area contributed by atoms with Crippen molar-refractivity contribution in [1.82, 2.24) is 10.2 Å². The van der Waals surface area contributed by atoms with E-state index < -0.39 is 0 Å². The van der Waals surface area contributed by atoms with E-state index in [1.165, 1.54) is 45.3 Å². The standard InChI is InChI=1S/C17H34N2O/c1-6-9-19-10-7-14(8-11-19)13(2)18-15-12-16(20-5)17(15,3)4/h13-16,18H,6-12H2,1-5H3. The second-order valence-electron chi connectivity index (χ2n) is 7.47. The maximum atomic E-state index is 5.55. The molecule has 20 heavy (non-hydrogen) atoms. The second-order valence-corrected chi connectivity index (χ2v) is 7.47. The molecule has 0 spiro atoms. The number of rotatable bonds is 6. The highest BCUT2D eigenvalue weighted by Crippen LogP contribution is 2.43. The predicted molar refractivity (Wildman–Crippen MR) is 85.0 cm³/mol. The number of piperidine rings is 1. The van der Waals surface area contributed by atoms with Gasteiger partial charge in [-0.05, 0) is 58.2 Å². The van der Waals surface area contributed by atoms with Gasteiger partial charge >= 0.3 is 0 Å². The van der Waals surface area contributed by atoms with E-state index in [1.807, 2.05) is 7.11 Å². The first-order chi connectivity index (χ1) is 9.48. The monoisotopic (exact) mass is 282 g/mol. The zero-order chi connectivity index (χ0) is 14.8. The van der Waals surface area contributed by atoms with Crippen molar-refractivity contribution in [3.63, 3.8) is 0 Å². The van der Waals surface area contributed by atoms with Crippen LogP contribution >= 0.6 is 0 Å². The number of likely N-dealkylation sites (tertiary alicyclic amines) is 1. The Morgan fingerprint density at radius 2 is 1.95 bits per heavy atom. The molecule has 3 unspecified atom stereocenters. The number of ether oxygens (including phenoxy) is 1. The zero-order valence-corrected chi connectivity index (χ0v) is 14.1. The number of nitrogens with one attached hydrogen (secondary N) is 1. The summed E-state index contributed by atoms with van der Waals surface area (Å²) >= 11 is 0. The summed E-state index contributed by atoms with van der Waals surface area (Å²) in [7, 11) is 1.84. The van der Waals surface area contributed by atoms with Crippen LogP contribution in [0.25, 0.3) is 0 Å². The Hall–Kier alpha value is -0.120. The summed E-state index contributed by atoms with van der Waals surface area (Å²) in [5.41, 5.74) is 0.284. The predicted octanol–water partition coefficient (Wildman–Crippen LogP) is 2.90. The molecule has 3 nitrogen and oxygen atoms in total. The smallest absolute Gasteiger partial charge is 0.0652 e. The van der Waals surface area contributed by atoms with E-state index in [9.17, 15) is 0 Å². The van der Waals surface area contributed by atoms with Crippen molar-refractivity contribution in [3.8, 4) is 0 Å². The Balaban J connectivity index is 1.75. The van der Waals surface area contributed by atoms with E-state index in [0.29, 0.717) is 18.2 Å². The van der Waals surface area contributed by atoms with Crippen molar-refractivity contribution in [2.24, 2.45) is 11.3 Å². The molecule has 1 saturated carbocycles. The van der Waals surface area contributed by atoms with E-state index in [1.54, 1.807) is 0 Å². The van der Waals surface area contributed by atoms with Crippen molar-refractivity contribution in [2.75, 3.05) is 26.7 Å². The van der Waals surface area contributed by atoms with Crippen LogP contribution in [0, 0.1) is 11.3 Å². The Morgan fingerprint density at radius 3 is 2.45 bits per heavy atom. The summed E-state index contributed by atoms with van der Waals surface area (Å²) in [5, 5.41) is 3.89. The van der Waals surface area contributed by atoms with E-state index in [2.05, 4.69) is 37.9 Å². The van der Waals surface area contributed by atoms with Crippen molar-refractivity contribution < 1.29 is 4.74 Å². The first kappa shape index (κ1) is 16.3. The van der Waals surface area contributed by atoms with Crippen LogP contribution in [0.3, 0.4) is 0 Å². The van der Waals surface area contributed by atoms with Crippen LogP contribution in [-0.4, -0.2) is 49.8 Å². The molecule has 0 bridgehead atoms. The Kier molecular flexibility index (Phi) is 5.49. The Labute approximate surface area is 125 Å². The zero-order valence-electron chi connectivity index (χ0n) is 14.1. The van der Waals surface area contributed by atoms with Gasteiger partial charge in [0.2, 0.25) is 0 Å². The highest BCUT2D eigenvalue weighted by molar-refractivity contribution is 5.03. The normalized spacial score (nSPS) is 32.9. The highest BCUT2D eigenvalue weighted by atomic mass is 16.5. The molecular formula is C17H34N2O. The van der Waals surface area contributed by atoms with E-state index in [0.717, 1.165) is 5.92 Å². The lowest BCUT2D eigenvalue weighted by Gasteiger charge is -2.53.